The summed E-state index contributed by atoms with van der Waals surface area (Å²) >= 11 is 0. The van der Waals surface area contributed by atoms with Crippen molar-refractivity contribution < 1.29 is 18.6 Å². The zero-order chi connectivity index (χ0) is 13.9. The van der Waals surface area contributed by atoms with Gasteiger partial charge in [-0.05, 0) is 29.7 Å². The number of hydrogen-bond acceptors (Lipinski definition) is 4. The van der Waals surface area contributed by atoms with Gasteiger partial charge in [0.25, 0.3) is 0 Å². The number of rotatable bonds is 10. The molecule has 0 aliphatic carbocycles. The van der Waals surface area contributed by atoms with Gasteiger partial charge in [0.05, 0.1) is 19.8 Å². The summed E-state index contributed by atoms with van der Waals surface area (Å²) in [5.41, 5.74) is 7.05. The van der Waals surface area contributed by atoms with Gasteiger partial charge in [0.15, 0.2) is 0 Å². The van der Waals surface area contributed by atoms with Crippen molar-refractivity contribution in [2.45, 2.75) is 19.6 Å². The first-order valence-corrected chi connectivity index (χ1v) is 6.39. The molecule has 0 saturated heterocycles. The van der Waals surface area contributed by atoms with Crippen LogP contribution < -0.4 is 5.73 Å². The monoisotopic (exact) mass is 271 g/mol. The summed E-state index contributed by atoms with van der Waals surface area (Å²) in [5.74, 6) is -0.280. The summed E-state index contributed by atoms with van der Waals surface area (Å²) in [4.78, 5) is 0. The lowest BCUT2D eigenvalue weighted by Gasteiger charge is -2.07. The van der Waals surface area contributed by atoms with Crippen LogP contribution in [0.1, 0.15) is 17.5 Å². The number of halogens is 1. The fraction of sp³-hybridized carbons (Fsp3) is 0.571. The first-order chi connectivity index (χ1) is 9.26. The molecule has 1 aromatic rings. The second-order valence-corrected chi connectivity index (χ2v) is 4.18. The zero-order valence-corrected chi connectivity index (χ0v) is 11.4. The minimum atomic E-state index is -0.280. The molecule has 4 nitrogen and oxygen atoms in total. The minimum Gasteiger partial charge on any atom is -0.385 e. The highest BCUT2D eigenvalue weighted by Gasteiger charge is 2.00. The van der Waals surface area contributed by atoms with Crippen molar-refractivity contribution in [3.63, 3.8) is 0 Å². The molecule has 1 aromatic carbocycles. The molecule has 0 bridgehead atoms. The van der Waals surface area contributed by atoms with Crippen LogP contribution in [0.3, 0.4) is 0 Å². The van der Waals surface area contributed by atoms with Crippen LogP contribution in [-0.4, -0.2) is 33.5 Å². The van der Waals surface area contributed by atoms with E-state index in [1.165, 1.54) is 12.1 Å². The first kappa shape index (κ1) is 16.0. The Morgan fingerprint density at radius 1 is 1.00 bits per heavy atom. The largest absolute Gasteiger partial charge is 0.385 e. The Hall–Kier alpha value is -1.01. The summed E-state index contributed by atoms with van der Waals surface area (Å²) in [7, 11) is 1.66. The van der Waals surface area contributed by atoms with Gasteiger partial charge in [-0.15, -0.1) is 0 Å². The number of nitrogens with two attached hydrogens (primary N) is 1. The second-order valence-electron chi connectivity index (χ2n) is 4.18. The van der Waals surface area contributed by atoms with Crippen LogP contribution >= 0.6 is 0 Å². The van der Waals surface area contributed by atoms with Crippen molar-refractivity contribution in [2.24, 2.45) is 5.73 Å². The van der Waals surface area contributed by atoms with E-state index in [0.29, 0.717) is 39.6 Å². The minimum absolute atomic E-state index is 0.280. The first-order valence-electron chi connectivity index (χ1n) is 6.39. The fourth-order valence-corrected chi connectivity index (χ4v) is 1.63. The molecule has 0 fully saturated rings. The van der Waals surface area contributed by atoms with E-state index in [2.05, 4.69) is 0 Å². The van der Waals surface area contributed by atoms with E-state index in [1.54, 1.807) is 7.11 Å². The molecule has 0 radical (unpaired) electrons. The van der Waals surface area contributed by atoms with Crippen molar-refractivity contribution >= 4 is 0 Å². The molecular formula is C14H22FNO3. The van der Waals surface area contributed by atoms with Gasteiger partial charge >= 0.3 is 0 Å². The molecule has 0 aromatic heterocycles. The lowest BCUT2D eigenvalue weighted by atomic mass is 10.1. The van der Waals surface area contributed by atoms with Gasteiger partial charge in [-0.1, -0.05) is 6.07 Å². The number of methoxy groups -OCH3 is 1. The third kappa shape index (κ3) is 7.22. The number of ether oxygens (including phenoxy) is 3. The maximum atomic E-state index is 13.2. The second kappa shape index (κ2) is 9.86. The van der Waals surface area contributed by atoms with Gasteiger partial charge in [0.2, 0.25) is 0 Å². The highest BCUT2D eigenvalue weighted by molar-refractivity contribution is 5.24. The molecule has 0 heterocycles. The smallest absolute Gasteiger partial charge is 0.123 e. The van der Waals surface area contributed by atoms with Gasteiger partial charge in [0, 0.05) is 26.9 Å². The van der Waals surface area contributed by atoms with Gasteiger partial charge in [-0.25, -0.2) is 4.39 Å². The Morgan fingerprint density at radius 3 is 2.47 bits per heavy atom. The maximum Gasteiger partial charge on any atom is 0.123 e. The Morgan fingerprint density at radius 2 is 1.74 bits per heavy atom. The normalized spacial score (nSPS) is 10.9. The van der Waals surface area contributed by atoms with Gasteiger partial charge in [-0.3, -0.25) is 0 Å². The predicted octanol–water partition coefficient (Wildman–Crippen LogP) is 1.85. The topological polar surface area (TPSA) is 53.7 Å². The highest BCUT2D eigenvalue weighted by Crippen LogP contribution is 2.10. The molecule has 2 N–H and O–H groups in total. The van der Waals surface area contributed by atoms with Crippen LogP contribution in [0.25, 0.3) is 0 Å². The molecule has 0 spiro atoms. The molecule has 1 rings (SSSR count). The Balaban J connectivity index is 2.13. The third-order valence-corrected chi connectivity index (χ3v) is 2.53. The Bertz CT molecular complexity index is 361. The lowest BCUT2D eigenvalue weighted by molar-refractivity contribution is 0.0336. The lowest BCUT2D eigenvalue weighted by Crippen LogP contribution is -2.07. The molecule has 0 unspecified atom stereocenters. The maximum absolute atomic E-state index is 13.2. The van der Waals surface area contributed by atoms with E-state index in [4.69, 9.17) is 19.9 Å². The third-order valence-electron chi connectivity index (χ3n) is 2.53. The van der Waals surface area contributed by atoms with E-state index in [0.717, 1.165) is 17.5 Å². The number of hydrogen-bond donors (Lipinski definition) is 1. The Labute approximate surface area is 113 Å². The van der Waals surface area contributed by atoms with Crippen molar-refractivity contribution in [3.8, 4) is 0 Å². The molecule has 0 saturated carbocycles. The average molecular weight is 271 g/mol. The zero-order valence-electron chi connectivity index (χ0n) is 11.4. The van der Waals surface area contributed by atoms with Crippen molar-refractivity contribution in [2.75, 3.05) is 33.5 Å². The molecule has 5 heteroatoms. The predicted molar refractivity (Wildman–Crippen MR) is 71.3 cm³/mol. The van der Waals surface area contributed by atoms with Crippen molar-refractivity contribution in [3.05, 3.63) is 35.1 Å². The fourth-order valence-electron chi connectivity index (χ4n) is 1.63. The molecule has 0 amide bonds. The van der Waals surface area contributed by atoms with Crippen LogP contribution in [-0.2, 0) is 27.4 Å². The Kier molecular flexibility index (Phi) is 8.33. The van der Waals surface area contributed by atoms with Gasteiger partial charge in [0.1, 0.15) is 5.82 Å². The van der Waals surface area contributed by atoms with E-state index in [-0.39, 0.29) is 5.82 Å². The summed E-state index contributed by atoms with van der Waals surface area (Å²) < 4.78 is 28.9. The number of benzene rings is 1. The molecule has 0 aliphatic rings. The SMILES string of the molecule is COCCCOCCOCc1cc(F)cc(CN)c1. The summed E-state index contributed by atoms with van der Waals surface area (Å²) in [5, 5.41) is 0. The van der Waals surface area contributed by atoms with Crippen LogP contribution in [0, 0.1) is 5.82 Å². The van der Waals surface area contributed by atoms with E-state index >= 15 is 0 Å². The van der Waals surface area contributed by atoms with Crippen LogP contribution in [0.15, 0.2) is 18.2 Å². The molecule has 108 valence electrons. The van der Waals surface area contributed by atoms with Crippen LogP contribution in [0.4, 0.5) is 4.39 Å². The molecule has 19 heavy (non-hydrogen) atoms. The summed E-state index contributed by atoms with van der Waals surface area (Å²) in [6.45, 7) is 3.07. The summed E-state index contributed by atoms with van der Waals surface area (Å²) in [6.07, 6.45) is 0.875. The highest BCUT2D eigenvalue weighted by atomic mass is 19.1. The molecular weight excluding hydrogens is 249 g/mol. The van der Waals surface area contributed by atoms with Crippen molar-refractivity contribution in [1.82, 2.24) is 0 Å². The van der Waals surface area contributed by atoms with E-state index in [1.807, 2.05) is 6.07 Å². The van der Waals surface area contributed by atoms with Gasteiger partial charge in [-0.2, -0.15) is 0 Å². The standard InChI is InChI=1S/C14H22FNO3/c1-17-3-2-4-18-5-6-19-11-13-7-12(10-16)8-14(15)9-13/h7-9H,2-6,10-11,16H2,1H3. The van der Waals surface area contributed by atoms with E-state index < -0.39 is 0 Å². The van der Waals surface area contributed by atoms with Crippen molar-refractivity contribution in [1.29, 1.82) is 0 Å². The summed E-state index contributed by atoms with van der Waals surface area (Å²) in [6, 6.07) is 4.74. The molecule has 0 aliphatic heterocycles. The quantitative estimate of drug-likeness (QED) is 0.660. The van der Waals surface area contributed by atoms with Crippen LogP contribution in [0.2, 0.25) is 0 Å². The van der Waals surface area contributed by atoms with E-state index in [9.17, 15) is 4.39 Å². The molecule has 0 atom stereocenters. The van der Waals surface area contributed by atoms with Crippen LogP contribution in [0.5, 0.6) is 0 Å². The average Bonchev–Trinajstić information content (AvgIpc) is 2.41. The van der Waals surface area contributed by atoms with Gasteiger partial charge < -0.3 is 19.9 Å².